The predicted molar refractivity (Wildman–Crippen MR) is 52.5 cm³/mol. The van der Waals surface area contributed by atoms with Crippen molar-refractivity contribution < 1.29 is 8.78 Å². The zero-order valence-electron chi connectivity index (χ0n) is 8.11. The van der Waals surface area contributed by atoms with E-state index in [-0.39, 0.29) is 5.92 Å². The van der Waals surface area contributed by atoms with E-state index in [4.69, 9.17) is 0 Å². The van der Waals surface area contributed by atoms with Crippen LogP contribution in [0.5, 0.6) is 0 Å². The molecule has 1 aliphatic heterocycles. The number of fused-ring (bicyclic) bond motifs is 1. The predicted octanol–water partition coefficient (Wildman–Crippen LogP) is 3.27. The number of anilines is 1. The Balaban J connectivity index is 2.38. The SMILES string of the molecule is CCCC1CNc2c(F)cc(F)cc21. The van der Waals surface area contributed by atoms with Crippen LogP contribution in [-0.4, -0.2) is 6.54 Å². The summed E-state index contributed by atoms with van der Waals surface area (Å²) in [4.78, 5) is 0. The van der Waals surface area contributed by atoms with Crippen molar-refractivity contribution in [2.24, 2.45) is 0 Å². The Kier molecular flexibility index (Phi) is 2.40. The summed E-state index contributed by atoms with van der Waals surface area (Å²) < 4.78 is 26.2. The van der Waals surface area contributed by atoms with Crippen molar-refractivity contribution in [2.45, 2.75) is 25.7 Å². The van der Waals surface area contributed by atoms with Crippen molar-refractivity contribution in [3.05, 3.63) is 29.3 Å². The molecule has 1 unspecified atom stereocenters. The van der Waals surface area contributed by atoms with Gasteiger partial charge in [0.25, 0.3) is 0 Å². The summed E-state index contributed by atoms with van der Waals surface area (Å²) in [7, 11) is 0. The second-order valence-electron chi connectivity index (χ2n) is 3.72. The smallest absolute Gasteiger partial charge is 0.149 e. The van der Waals surface area contributed by atoms with Gasteiger partial charge in [-0.1, -0.05) is 13.3 Å². The Morgan fingerprint density at radius 3 is 2.93 bits per heavy atom. The molecule has 3 heteroatoms. The lowest BCUT2D eigenvalue weighted by Crippen LogP contribution is -2.00. The van der Waals surface area contributed by atoms with Crippen LogP contribution in [0.3, 0.4) is 0 Å². The molecule has 1 aromatic rings. The van der Waals surface area contributed by atoms with Gasteiger partial charge in [-0.05, 0) is 18.1 Å². The standard InChI is InChI=1S/C11H13F2N/c1-2-3-7-6-14-11-9(7)4-8(12)5-10(11)13/h4-5,7,14H,2-3,6H2,1H3. The number of benzene rings is 1. The lowest BCUT2D eigenvalue weighted by atomic mass is 9.96. The van der Waals surface area contributed by atoms with E-state index in [9.17, 15) is 8.78 Å². The maximum absolute atomic E-state index is 13.3. The molecule has 1 nitrogen and oxygen atoms in total. The van der Waals surface area contributed by atoms with Crippen molar-refractivity contribution in [3.8, 4) is 0 Å². The van der Waals surface area contributed by atoms with E-state index >= 15 is 0 Å². The number of halogens is 2. The van der Waals surface area contributed by atoms with Crippen LogP contribution in [0.2, 0.25) is 0 Å². The number of hydrogen-bond donors (Lipinski definition) is 1. The number of nitrogens with one attached hydrogen (secondary N) is 1. The van der Waals surface area contributed by atoms with E-state index in [0.29, 0.717) is 5.69 Å². The van der Waals surface area contributed by atoms with Crippen LogP contribution in [0, 0.1) is 11.6 Å². The third-order valence-electron chi connectivity index (χ3n) is 2.69. The molecular weight excluding hydrogens is 184 g/mol. The average Bonchev–Trinajstić information content (AvgIpc) is 2.49. The number of hydrogen-bond acceptors (Lipinski definition) is 1. The van der Waals surface area contributed by atoms with E-state index in [2.05, 4.69) is 12.2 Å². The lowest BCUT2D eigenvalue weighted by Gasteiger charge is -2.07. The van der Waals surface area contributed by atoms with Crippen LogP contribution in [0.15, 0.2) is 12.1 Å². The second kappa shape index (κ2) is 3.56. The summed E-state index contributed by atoms with van der Waals surface area (Å²) >= 11 is 0. The molecule has 1 atom stereocenters. The maximum atomic E-state index is 13.3. The molecule has 2 rings (SSSR count). The Labute approximate surface area is 82.1 Å². The van der Waals surface area contributed by atoms with Gasteiger partial charge in [0.05, 0.1) is 5.69 Å². The van der Waals surface area contributed by atoms with Gasteiger partial charge >= 0.3 is 0 Å². The Morgan fingerprint density at radius 1 is 1.43 bits per heavy atom. The quantitative estimate of drug-likeness (QED) is 0.767. The zero-order chi connectivity index (χ0) is 10.1. The maximum Gasteiger partial charge on any atom is 0.149 e. The highest BCUT2D eigenvalue weighted by Crippen LogP contribution is 2.36. The summed E-state index contributed by atoms with van der Waals surface area (Å²) in [5.41, 5.74) is 1.29. The van der Waals surface area contributed by atoms with Gasteiger partial charge in [0.2, 0.25) is 0 Å². The van der Waals surface area contributed by atoms with Crippen molar-refractivity contribution in [2.75, 3.05) is 11.9 Å². The average molecular weight is 197 g/mol. The molecule has 0 radical (unpaired) electrons. The largest absolute Gasteiger partial charge is 0.382 e. The van der Waals surface area contributed by atoms with Crippen LogP contribution in [0.25, 0.3) is 0 Å². The minimum atomic E-state index is -0.481. The first-order chi connectivity index (χ1) is 6.72. The Hall–Kier alpha value is -1.12. The molecule has 1 heterocycles. The fraction of sp³-hybridized carbons (Fsp3) is 0.455. The molecule has 1 aromatic carbocycles. The molecule has 0 spiro atoms. The van der Waals surface area contributed by atoms with Crippen molar-refractivity contribution in [3.63, 3.8) is 0 Å². The molecule has 0 saturated heterocycles. The highest BCUT2D eigenvalue weighted by Gasteiger charge is 2.24. The molecule has 1 aliphatic rings. The topological polar surface area (TPSA) is 12.0 Å². The monoisotopic (exact) mass is 197 g/mol. The first-order valence-corrected chi connectivity index (χ1v) is 4.95. The fourth-order valence-corrected chi connectivity index (χ4v) is 2.04. The molecule has 0 aliphatic carbocycles. The number of rotatable bonds is 2. The molecule has 0 fully saturated rings. The van der Waals surface area contributed by atoms with E-state index < -0.39 is 11.6 Å². The lowest BCUT2D eigenvalue weighted by molar-refractivity contribution is 0.580. The van der Waals surface area contributed by atoms with Crippen LogP contribution in [-0.2, 0) is 0 Å². The van der Waals surface area contributed by atoms with Gasteiger partial charge in [0.15, 0.2) is 0 Å². The molecule has 14 heavy (non-hydrogen) atoms. The van der Waals surface area contributed by atoms with Gasteiger partial charge in [0, 0.05) is 18.5 Å². The summed E-state index contributed by atoms with van der Waals surface area (Å²) in [6.45, 7) is 2.80. The van der Waals surface area contributed by atoms with Crippen LogP contribution >= 0.6 is 0 Å². The highest BCUT2D eigenvalue weighted by molar-refractivity contribution is 5.58. The van der Waals surface area contributed by atoms with Crippen molar-refractivity contribution in [1.82, 2.24) is 0 Å². The molecule has 1 N–H and O–H groups in total. The second-order valence-corrected chi connectivity index (χ2v) is 3.72. The van der Waals surface area contributed by atoms with Gasteiger partial charge in [0.1, 0.15) is 11.6 Å². The van der Waals surface area contributed by atoms with E-state index in [1.807, 2.05) is 0 Å². The summed E-state index contributed by atoms with van der Waals surface area (Å²) in [6, 6.07) is 2.37. The van der Waals surface area contributed by atoms with Crippen molar-refractivity contribution >= 4 is 5.69 Å². The summed E-state index contributed by atoms with van der Waals surface area (Å²) in [5.74, 6) is -0.690. The molecular formula is C11H13F2N. The van der Waals surface area contributed by atoms with Gasteiger partial charge in [-0.15, -0.1) is 0 Å². The summed E-state index contributed by atoms with van der Waals surface area (Å²) in [6.07, 6.45) is 2.01. The van der Waals surface area contributed by atoms with E-state index in [1.54, 1.807) is 0 Å². The zero-order valence-corrected chi connectivity index (χ0v) is 8.11. The molecule has 0 aromatic heterocycles. The van der Waals surface area contributed by atoms with Crippen LogP contribution in [0.1, 0.15) is 31.2 Å². The van der Waals surface area contributed by atoms with Gasteiger partial charge < -0.3 is 5.32 Å². The first kappa shape index (κ1) is 9.44. The minimum absolute atomic E-state index is 0.264. The highest BCUT2D eigenvalue weighted by atomic mass is 19.1. The first-order valence-electron chi connectivity index (χ1n) is 4.95. The van der Waals surface area contributed by atoms with Gasteiger partial charge in [-0.3, -0.25) is 0 Å². The van der Waals surface area contributed by atoms with E-state index in [1.165, 1.54) is 6.07 Å². The molecule has 0 saturated carbocycles. The van der Waals surface area contributed by atoms with Crippen LogP contribution < -0.4 is 5.32 Å². The molecule has 76 valence electrons. The molecule has 0 amide bonds. The van der Waals surface area contributed by atoms with Gasteiger partial charge in [-0.25, -0.2) is 8.78 Å². The Morgan fingerprint density at radius 2 is 2.21 bits per heavy atom. The molecule has 0 bridgehead atoms. The normalized spacial score (nSPS) is 19.2. The van der Waals surface area contributed by atoms with Crippen LogP contribution in [0.4, 0.5) is 14.5 Å². The van der Waals surface area contributed by atoms with E-state index in [0.717, 1.165) is 31.0 Å². The third-order valence-corrected chi connectivity index (χ3v) is 2.69. The minimum Gasteiger partial charge on any atom is -0.382 e. The fourth-order valence-electron chi connectivity index (χ4n) is 2.04. The third kappa shape index (κ3) is 1.47. The summed E-state index contributed by atoms with van der Waals surface area (Å²) in [5, 5.41) is 2.99. The Bertz CT molecular complexity index is 349. The van der Waals surface area contributed by atoms with Gasteiger partial charge in [-0.2, -0.15) is 0 Å². The van der Waals surface area contributed by atoms with Crippen molar-refractivity contribution in [1.29, 1.82) is 0 Å².